The molecule has 2 aromatic heterocycles. The molecule has 1 aliphatic rings. The number of anilines is 1. The van der Waals surface area contributed by atoms with Crippen molar-refractivity contribution in [2.24, 2.45) is 0 Å². The molecule has 0 bridgehead atoms. The van der Waals surface area contributed by atoms with Gasteiger partial charge >= 0.3 is 0 Å². The molecule has 1 N–H and O–H groups in total. The zero-order chi connectivity index (χ0) is 22.1. The summed E-state index contributed by atoms with van der Waals surface area (Å²) in [7, 11) is 0. The number of amides is 2. The Morgan fingerprint density at radius 3 is 2.48 bits per heavy atom. The lowest BCUT2D eigenvalue weighted by Crippen LogP contribution is -2.54. The molecule has 0 aliphatic carbocycles. The normalized spacial score (nSPS) is 15.5. The van der Waals surface area contributed by atoms with Gasteiger partial charge in [0.2, 0.25) is 0 Å². The van der Waals surface area contributed by atoms with Gasteiger partial charge in [0.1, 0.15) is 5.57 Å². The molecule has 1 saturated heterocycles. The van der Waals surface area contributed by atoms with Gasteiger partial charge in [0.15, 0.2) is 5.11 Å². The van der Waals surface area contributed by atoms with Crippen molar-refractivity contribution in [2.75, 3.05) is 4.90 Å². The van der Waals surface area contributed by atoms with Crippen LogP contribution in [0.25, 0.3) is 11.8 Å². The van der Waals surface area contributed by atoms with E-state index in [1.165, 1.54) is 4.90 Å². The van der Waals surface area contributed by atoms with Gasteiger partial charge in [-0.25, -0.2) is 0 Å². The minimum Gasteiger partial charge on any atom is -0.316 e. The second-order valence-corrected chi connectivity index (χ2v) is 7.74. The number of benzene rings is 1. The van der Waals surface area contributed by atoms with E-state index >= 15 is 0 Å². The highest BCUT2D eigenvalue weighted by Crippen LogP contribution is 2.26. The molecule has 0 radical (unpaired) electrons. The number of thiocarbonyl (C=S) groups is 1. The molecule has 31 heavy (non-hydrogen) atoms. The standard InChI is InChI=1S/C24H22N4O2S/c1-4-17-7-9-19(10-8-17)28-23(30)21(22(29)26-24(28)31)13-18-12-15(2)27(16(18)3)20-6-5-11-25-14-20/h5-14H,4H2,1-3H3,(H,26,29,31)/b21-13+. The Morgan fingerprint density at radius 1 is 1.10 bits per heavy atom. The summed E-state index contributed by atoms with van der Waals surface area (Å²) >= 11 is 5.29. The van der Waals surface area contributed by atoms with E-state index < -0.39 is 11.8 Å². The van der Waals surface area contributed by atoms with Crippen LogP contribution in [0.3, 0.4) is 0 Å². The highest BCUT2D eigenvalue weighted by atomic mass is 32.1. The highest BCUT2D eigenvalue weighted by Gasteiger charge is 2.34. The number of hydrogen-bond donors (Lipinski definition) is 1. The molecule has 1 aromatic carbocycles. The van der Waals surface area contributed by atoms with Crippen molar-refractivity contribution in [3.05, 3.63) is 82.9 Å². The third-order valence-corrected chi connectivity index (χ3v) is 5.66. The van der Waals surface area contributed by atoms with Crippen LogP contribution in [0.1, 0.15) is 29.4 Å². The SMILES string of the molecule is CCc1ccc(N2C(=O)/C(=C/c3cc(C)n(-c4cccnc4)c3C)C(=O)NC2=S)cc1. The van der Waals surface area contributed by atoms with Crippen molar-refractivity contribution in [1.82, 2.24) is 14.9 Å². The predicted octanol–water partition coefficient (Wildman–Crippen LogP) is 3.88. The van der Waals surface area contributed by atoms with Crippen molar-refractivity contribution in [3.63, 3.8) is 0 Å². The second kappa shape index (κ2) is 8.28. The first-order valence-corrected chi connectivity index (χ1v) is 10.4. The first-order valence-electron chi connectivity index (χ1n) is 10.0. The van der Waals surface area contributed by atoms with Crippen LogP contribution >= 0.6 is 12.2 Å². The number of nitrogens with one attached hydrogen (secondary N) is 1. The first-order chi connectivity index (χ1) is 14.9. The average Bonchev–Trinajstić information content (AvgIpc) is 3.05. The second-order valence-electron chi connectivity index (χ2n) is 7.35. The van der Waals surface area contributed by atoms with Crippen LogP contribution in [0.15, 0.2) is 60.4 Å². The summed E-state index contributed by atoms with van der Waals surface area (Å²) in [5.74, 6) is -0.938. The summed E-state index contributed by atoms with van der Waals surface area (Å²) in [5, 5.41) is 2.72. The predicted molar refractivity (Wildman–Crippen MR) is 125 cm³/mol. The monoisotopic (exact) mass is 430 g/mol. The molecule has 3 aromatic rings. The zero-order valence-electron chi connectivity index (χ0n) is 17.5. The summed E-state index contributed by atoms with van der Waals surface area (Å²) in [6.45, 7) is 5.99. The molecule has 4 rings (SSSR count). The van der Waals surface area contributed by atoms with E-state index in [2.05, 4.69) is 17.2 Å². The maximum atomic E-state index is 13.3. The number of carbonyl (C=O) groups excluding carboxylic acids is 2. The average molecular weight is 431 g/mol. The van der Waals surface area contributed by atoms with Gasteiger partial charge in [-0.3, -0.25) is 24.8 Å². The number of aromatic nitrogens is 2. The van der Waals surface area contributed by atoms with Gasteiger partial charge < -0.3 is 4.57 Å². The molecule has 156 valence electrons. The van der Waals surface area contributed by atoms with Crippen molar-refractivity contribution < 1.29 is 9.59 Å². The minimum absolute atomic E-state index is 0.0413. The van der Waals surface area contributed by atoms with Crippen LogP contribution in [0.4, 0.5) is 5.69 Å². The molecule has 0 unspecified atom stereocenters. The maximum Gasteiger partial charge on any atom is 0.270 e. The third kappa shape index (κ3) is 3.80. The molecular weight excluding hydrogens is 408 g/mol. The summed E-state index contributed by atoms with van der Waals surface area (Å²) in [5.41, 5.74) is 5.41. The van der Waals surface area contributed by atoms with Crippen LogP contribution < -0.4 is 10.2 Å². The van der Waals surface area contributed by atoms with Gasteiger partial charge in [-0.05, 0) is 80.0 Å². The lowest BCUT2D eigenvalue weighted by atomic mass is 10.1. The molecule has 3 heterocycles. The van der Waals surface area contributed by atoms with E-state index in [0.29, 0.717) is 5.69 Å². The highest BCUT2D eigenvalue weighted by molar-refractivity contribution is 7.80. The fourth-order valence-corrected chi connectivity index (χ4v) is 4.03. The lowest BCUT2D eigenvalue weighted by molar-refractivity contribution is -0.122. The summed E-state index contributed by atoms with van der Waals surface area (Å²) in [6, 6.07) is 13.4. The van der Waals surface area contributed by atoms with E-state index in [-0.39, 0.29) is 10.7 Å². The fourth-order valence-electron chi connectivity index (χ4n) is 3.75. The van der Waals surface area contributed by atoms with Crippen molar-refractivity contribution in [1.29, 1.82) is 0 Å². The minimum atomic E-state index is -0.498. The van der Waals surface area contributed by atoms with Gasteiger partial charge in [-0.2, -0.15) is 0 Å². The van der Waals surface area contributed by atoms with Gasteiger partial charge in [0.05, 0.1) is 17.6 Å². The Kier molecular flexibility index (Phi) is 5.52. The van der Waals surface area contributed by atoms with Crippen LogP contribution in [-0.2, 0) is 16.0 Å². The van der Waals surface area contributed by atoms with Crippen LogP contribution in [0, 0.1) is 13.8 Å². The number of carbonyl (C=O) groups is 2. The first kappa shape index (κ1) is 20.7. The fraction of sp³-hybridized carbons (Fsp3) is 0.167. The maximum absolute atomic E-state index is 13.3. The molecule has 6 nitrogen and oxygen atoms in total. The summed E-state index contributed by atoms with van der Waals surface area (Å²) < 4.78 is 2.04. The molecule has 0 saturated carbocycles. The lowest BCUT2D eigenvalue weighted by Gasteiger charge is -2.29. The Balaban J connectivity index is 1.74. The quantitative estimate of drug-likeness (QED) is 0.388. The number of aryl methyl sites for hydroxylation is 2. The van der Waals surface area contributed by atoms with Gasteiger partial charge in [-0.15, -0.1) is 0 Å². The molecule has 7 heteroatoms. The molecule has 1 fully saturated rings. The van der Waals surface area contributed by atoms with Gasteiger partial charge in [0.25, 0.3) is 11.8 Å². The molecule has 0 spiro atoms. The molecular formula is C24H22N4O2S. The van der Waals surface area contributed by atoms with Crippen molar-refractivity contribution in [3.8, 4) is 5.69 Å². The smallest absolute Gasteiger partial charge is 0.270 e. The number of pyridine rings is 1. The molecule has 2 amide bonds. The number of hydrogen-bond acceptors (Lipinski definition) is 4. The van der Waals surface area contributed by atoms with Crippen LogP contribution in [0.5, 0.6) is 0 Å². The van der Waals surface area contributed by atoms with Crippen LogP contribution in [0.2, 0.25) is 0 Å². The van der Waals surface area contributed by atoms with Crippen molar-refractivity contribution in [2.45, 2.75) is 27.2 Å². The zero-order valence-corrected chi connectivity index (χ0v) is 18.4. The largest absolute Gasteiger partial charge is 0.316 e. The number of rotatable bonds is 4. The van der Waals surface area contributed by atoms with E-state index in [1.54, 1.807) is 18.5 Å². The Labute approximate surface area is 186 Å². The van der Waals surface area contributed by atoms with Gasteiger partial charge in [0, 0.05) is 17.6 Å². The van der Waals surface area contributed by atoms with Gasteiger partial charge in [-0.1, -0.05) is 19.1 Å². The van der Waals surface area contributed by atoms with Crippen molar-refractivity contribution >= 4 is 40.9 Å². The molecule has 0 atom stereocenters. The third-order valence-electron chi connectivity index (χ3n) is 5.38. The Bertz CT molecular complexity index is 1210. The van der Waals surface area contributed by atoms with E-state index in [1.807, 2.05) is 60.9 Å². The van der Waals surface area contributed by atoms with Crippen LogP contribution in [-0.4, -0.2) is 26.5 Å². The Morgan fingerprint density at radius 2 is 1.84 bits per heavy atom. The van der Waals surface area contributed by atoms with E-state index in [4.69, 9.17) is 12.2 Å². The van der Waals surface area contributed by atoms with E-state index in [9.17, 15) is 9.59 Å². The topological polar surface area (TPSA) is 67.2 Å². The summed E-state index contributed by atoms with van der Waals surface area (Å²) in [6.07, 6.45) is 6.01. The number of nitrogens with zero attached hydrogens (tertiary/aromatic N) is 3. The summed E-state index contributed by atoms with van der Waals surface area (Å²) in [4.78, 5) is 31.5. The Hall–Kier alpha value is -3.58. The van der Waals surface area contributed by atoms with E-state index in [0.717, 1.165) is 34.6 Å². The molecule has 1 aliphatic heterocycles.